The van der Waals surface area contributed by atoms with Crippen molar-refractivity contribution < 1.29 is 73.3 Å². The molecule has 218 valence electrons. The van der Waals surface area contributed by atoms with E-state index < -0.39 is 31.3 Å². The second kappa shape index (κ2) is 15.9. The Hall–Kier alpha value is 0.518. The van der Waals surface area contributed by atoms with Crippen LogP contribution < -0.4 is 0 Å². The zero-order chi connectivity index (χ0) is 26.9. The normalized spacial score (nSPS) is 21.5. The van der Waals surface area contributed by atoms with Crippen LogP contribution in [0.2, 0.25) is 0 Å². The quantitative estimate of drug-likeness (QED) is 0.139. The minimum Gasteiger partial charge on any atom is -0.741 e. The van der Waals surface area contributed by atoms with Crippen molar-refractivity contribution in [3.8, 4) is 0 Å². The Morgan fingerprint density at radius 1 is 0.500 bits per heavy atom. The Bertz CT molecular complexity index is 736. The van der Waals surface area contributed by atoms with Gasteiger partial charge in [0.1, 0.15) is 0 Å². The van der Waals surface area contributed by atoms with Gasteiger partial charge in [0.05, 0.1) is 0 Å². The molecule has 6 nitrogen and oxygen atoms in total. The predicted molar refractivity (Wildman–Crippen MR) is 119 cm³/mol. The third kappa shape index (κ3) is 13.0. The van der Waals surface area contributed by atoms with Gasteiger partial charge in [-0.05, 0) is 55.5 Å². The molecule has 3 rings (SSSR count). The van der Waals surface area contributed by atoms with Crippen LogP contribution >= 0.6 is 7.92 Å². The second-order valence-corrected chi connectivity index (χ2v) is 15.0. The molecule has 0 heterocycles. The van der Waals surface area contributed by atoms with Gasteiger partial charge in [0.15, 0.2) is 20.2 Å². The van der Waals surface area contributed by atoms with Gasteiger partial charge >= 0.3 is 32.1 Å². The van der Waals surface area contributed by atoms with E-state index in [0.717, 1.165) is 0 Å². The number of alkyl halides is 6. The summed E-state index contributed by atoms with van der Waals surface area (Å²) in [4.78, 5) is 0. The fraction of sp³-hybridized carbons (Fsp3) is 1.00. The third-order valence-electron chi connectivity index (χ3n) is 6.56. The molecule has 0 saturated heterocycles. The Kier molecular flexibility index (Phi) is 16.2. The van der Waals surface area contributed by atoms with Gasteiger partial charge in [-0.1, -0.05) is 65.7 Å². The van der Waals surface area contributed by atoms with Crippen molar-refractivity contribution in [1.29, 1.82) is 0 Å². The molecule has 0 aromatic carbocycles. The molecule has 0 spiro atoms. The Morgan fingerprint density at radius 3 is 0.806 bits per heavy atom. The predicted octanol–water partition coefficient (Wildman–Crippen LogP) is 6.57. The van der Waals surface area contributed by atoms with Crippen molar-refractivity contribution in [2.24, 2.45) is 0 Å². The summed E-state index contributed by atoms with van der Waals surface area (Å²) < 4.78 is 118. The maximum Gasteiger partial charge on any atom is 2.00 e. The molecule has 0 aromatic heterocycles. The Balaban J connectivity index is 0.000000607. The van der Waals surface area contributed by atoms with Gasteiger partial charge in [-0.25, -0.2) is 16.8 Å². The van der Waals surface area contributed by atoms with E-state index in [1.807, 2.05) is 0 Å². The first-order chi connectivity index (χ1) is 15.9. The van der Waals surface area contributed by atoms with Gasteiger partial charge in [-0.3, -0.25) is 0 Å². The number of rotatable bonds is 3. The molecule has 0 radical (unpaired) electrons. The van der Waals surface area contributed by atoms with Gasteiger partial charge in [0.2, 0.25) is 0 Å². The van der Waals surface area contributed by atoms with Crippen molar-refractivity contribution in [3.63, 3.8) is 0 Å². The van der Waals surface area contributed by atoms with Crippen LogP contribution in [-0.4, -0.2) is 53.9 Å². The second-order valence-electron chi connectivity index (χ2n) is 9.12. The summed E-state index contributed by atoms with van der Waals surface area (Å²) in [6.45, 7) is 0. The van der Waals surface area contributed by atoms with Crippen LogP contribution in [0.15, 0.2) is 0 Å². The average molecular weight is 774 g/mol. The number of hydrogen-bond acceptors (Lipinski definition) is 6. The van der Waals surface area contributed by atoms with Crippen molar-refractivity contribution in [2.45, 2.75) is 124 Å². The van der Waals surface area contributed by atoms with Crippen LogP contribution in [0.1, 0.15) is 96.3 Å². The summed E-state index contributed by atoms with van der Waals surface area (Å²) in [5, 5.41) is 0. The van der Waals surface area contributed by atoms with E-state index in [4.69, 9.17) is 25.9 Å². The average Bonchev–Trinajstić information content (AvgIpc) is 2.74. The zero-order valence-corrected chi connectivity index (χ0v) is 24.4. The van der Waals surface area contributed by atoms with E-state index in [2.05, 4.69) is 0 Å². The molecule has 16 heteroatoms. The number of hydrogen-bond donors (Lipinski definition) is 0. The van der Waals surface area contributed by atoms with Crippen molar-refractivity contribution in [2.75, 3.05) is 0 Å². The fourth-order valence-electron chi connectivity index (χ4n) is 5.03. The smallest absolute Gasteiger partial charge is 0.741 e. The summed E-state index contributed by atoms with van der Waals surface area (Å²) in [6.07, 6.45) is 23.6. The summed E-state index contributed by atoms with van der Waals surface area (Å²) in [6, 6.07) is 0. The van der Waals surface area contributed by atoms with E-state index in [0.29, 0.717) is 7.92 Å². The minimum atomic E-state index is -6.09. The van der Waals surface area contributed by atoms with Gasteiger partial charge in [0, 0.05) is 0 Å². The maximum absolute atomic E-state index is 10.7. The molecule has 3 saturated carbocycles. The molecule has 0 unspecified atom stereocenters. The molecule has 0 aliphatic heterocycles. The SMILES string of the molecule is C1CCC(P(C2CCCCC2)C2CCCCC2)CC1.O=S(=O)([O-])C(F)(F)F.O=S(=O)([O-])C(F)(F)F.[Pt+2]. The Labute approximate surface area is 225 Å². The van der Waals surface area contributed by atoms with Crippen molar-refractivity contribution >= 4 is 28.2 Å². The van der Waals surface area contributed by atoms with Crippen molar-refractivity contribution in [3.05, 3.63) is 0 Å². The molecule has 0 aromatic rings. The fourth-order valence-corrected chi connectivity index (χ4v) is 9.71. The van der Waals surface area contributed by atoms with Crippen LogP contribution in [0, 0.1) is 0 Å². The van der Waals surface area contributed by atoms with Crippen LogP contribution in [0.25, 0.3) is 0 Å². The van der Waals surface area contributed by atoms with Gasteiger partial charge < -0.3 is 9.11 Å². The first-order valence-electron chi connectivity index (χ1n) is 11.8. The first-order valence-corrected chi connectivity index (χ1v) is 16.1. The van der Waals surface area contributed by atoms with Crippen LogP contribution in [0.4, 0.5) is 26.3 Å². The van der Waals surface area contributed by atoms with Gasteiger partial charge in [-0.2, -0.15) is 26.3 Å². The van der Waals surface area contributed by atoms with Crippen LogP contribution in [0.5, 0.6) is 0 Å². The zero-order valence-electron chi connectivity index (χ0n) is 19.6. The molecule has 0 bridgehead atoms. The van der Waals surface area contributed by atoms with Gasteiger partial charge in [0.25, 0.3) is 0 Å². The molecule has 0 amide bonds. The maximum atomic E-state index is 10.7. The molecule has 3 aliphatic rings. The van der Waals surface area contributed by atoms with E-state index in [1.165, 1.54) is 36.2 Å². The summed E-state index contributed by atoms with van der Waals surface area (Å²) in [7, 11) is -11.8. The van der Waals surface area contributed by atoms with E-state index in [-0.39, 0.29) is 21.1 Å². The molecule has 3 aliphatic carbocycles. The van der Waals surface area contributed by atoms with Crippen LogP contribution in [-0.2, 0) is 41.3 Å². The largest absolute Gasteiger partial charge is 2.00 e. The van der Waals surface area contributed by atoms with E-state index >= 15 is 0 Å². The molecule has 36 heavy (non-hydrogen) atoms. The molecular formula is C20H33F6O6PPtS2. The first kappa shape index (κ1) is 36.5. The minimum absolute atomic E-state index is 0. The molecule has 3 fully saturated rings. The third-order valence-corrected chi connectivity index (χ3v) is 11.8. The topological polar surface area (TPSA) is 114 Å². The molecule has 0 N–H and O–H groups in total. The number of halogens is 6. The summed E-state index contributed by atoms with van der Waals surface area (Å²) >= 11 is 0. The van der Waals surface area contributed by atoms with Gasteiger partial charge in [-0.15, -0.1) is 0 Å². The molecule has 0 atom stereocenters. The Morgan fingerprint density at radius 2 is 0.667 bits per heavy atom. The van der Waals surface area contributed by atoms with Crippen LogP contribution in [0.3, 0.4) is 0 Å². The van der Waals surface area contributed by atoms with Crippen molar-refractivity contribution in [1.82, 2.24) is 0 Å². The summed E-state index contributed by atoms with van der Waals surface area (Å²) in [5.74, 6) is 0. The molecular weight excluding hydrogens is 740 g/mol. The van der Waals surface area contributed by atoms with E-state index in [9.17, 15) is 26.3 Å². The van der Waals surface area contributed by atoms with E-state index in [1.54, 1.807) is 77.0 Å². The summed E-state index contributed by atoms with van der Waals surface area (Å²) in [5.41, 5.74) is -7.72. The monoisotopic (exact) mass is 773 g/mol. The standard InChI is InChI=1S/C18H33P.2CHF3O3S.Pt/c1-4-10-16(11-5-1)19(17-12-6-2-7-13-17)18-14-8-3-9-15-18;2*2-1(3,4)8(5,6)7;/h16-18H,1-15H2;2*(H,5,6,7);/q;;;+2/p-2.